The van der Waals surface area contributed by atoms with Crippen molar-refractivity contribution in [1.29, 1.82) is 0 Å². The molecule has 8 nitrogen and oxygen atoms in total. The number of para-hydroxylation sites is 1. The molecule has 0 unspecified atom stereocenters. The molecule has 3 rings (SSSR count). The zero-order valence-corrected chi connectivity index (χ0v) is 10.8. The number of aromatic nitrogens is 4. The third kappa shape index (κ3) is 2.46. The SMILES string of the molecule is Nc1nc2c(ncn2C(=O)COc2ccccc2)c(=O)[nH]1. The summed E-state index contributed by atoms with van der Waals surface area (Å²) in [6, 6.07) is 8.92. The predicted octanol–water partition coefficient (Wildman–Crippen LogP) is 0.421. The van der Waals surface area contributed by atoms with Gasteiger partial charge in [0.1, 0.15) is 12.1 Å². The smallest absolute Gasteiger partial charge is 0.280 e. The average Bonchev–Trinajstić information content (AvgIpc) is 2.90. The van der Waals surface area contributed by atoms with Crippen LogP contribution in [0.3, 0.4) is 0 Å². The molecule has 0 saturated heterocycles. The first kappa shape index (κ1) is 12.9. The van der Waals surface area contributed by atoms with Gasteiger partial charge in [0.2, 0.25) is 5.95 Å². The zero-order chi connectivity index (χ0) is 14.8. The lowest BCUT2D eigenvalue weighted by Gasteiger charge is -2.05. The summed E-state index contributed by atoms with van der Waals surface area (Å²) >= 11 is 0. The standard InChI is InChI=1S/C13H11N5O3/c14-13-16-11-10(12(20)17-13)15-7-18(11)9(19)6-21-8-4-2-1-3-5-8/h1-5,7H,6H2,(H3,14,16,17,20). The minimum absolute atomic E-state index is 0.0530. The van der Waals surface area contributed by atoms with Crippen LogP contribution < -0.4 is 16.0 Å². The minimum atomic E-state index is -0.493. The van der Waals surface area contributed by atoms with E-state index in [2.05, 4.69) is 15.0 Å². The Hall–Kier alpha value is -3.16. The number of benzene rings is 1. The lowest BCUT2D eigenvalue weighted by molar-refractivity contribution is 0.0842. The monoisotopic (exact) mass is 285 g/mol. The molecule has 0 aliphatic heterocycles. The van der Waals surface area contributed by atoms with Crippen LogP contribution in [0.5, 0.6) is 5.75 Å². The molecule has 1 aromatic carbocycles. The van der Waals surface area contributed by atoms with Gasteiger partial charge in [0.15, 0.2) is 17.8 Å². The number of anilines is 1. The normalized spacial score (nSPS) is 10.7. The lowest BCUT2D eigenvalue weighted by atomic mass is 10.3. The van der Waals surface area contributed by atoms with E-state index in [1.54, 1.807) is 24.3 Å². The highest BCUT2D eigenvalue weighted by Crippen LogP contribution is 2.10. The molecular formula is C13H11N5O3. The lowest BCUT2D eigenvalue weighted by Crippen LogP contribution is -2.20. The van der Waals surface area contributed by atoms with Crippen molar-refractivity contribution in [2.45, 2.75) is 0 Å². The third-order valence-electron chi connectivity index (χ3n) is 2.80. The van der Waals surface area contributed by atoms with E-state index in [-0.39, 0.29) is 23.7 Å². The van der Waals surface area contributed by atoms with Crippen LogP contribution in [0.2, 0.25) is 0 Å². The number of imidazole rings is 1. The Labute approximate surface area is 118 Å². The van der Waals surface area contributed by atoms with Crippen molar-refractivity contribution in [2.24, 2.45) is 0 Å². The quantitative estimate of drug-likeness (QED) is 0.720. The van der Waals surface area contributed by atoms with E-state index in [4.69, 9.17) is 10.5 Å². The van der Waals surface area contributed by atoms with Crippen LogP contribution >= 0.6 is 0 Å². The number of rotatable bonds is 3. The largest absolute Gasteiger partial charge is 0.484 e. The molecule has 0 radical (unpaired) electrons. The second kappa shape index (κ2) is 5.08. The number of fused-ring (bicyclic) bond motifs is 1. The molecular weight excluding hydrogens is 274 g/mol. The fraction of sp³-hybridized carbons (Fsp3) is 0.0769. The number of hydrogen-bond acceptors (Lipinski definition) is 6. The van der Waals surface area contributed by atoms with Crippen LogP contribution in [0.4, 0.5) is 5.95 Å². The van der Waals surface area contributed by atoms with E-state index in [1.165, 1.54) is 6.33 Å². The number of nitrogens with zero attached hydrogens (tertiary/aromatic N) is 3. The van der Waals surface area contributed by atoms with Crippen LogP contribution in [0.25, 0.3) is 11.2 Å². The van der Waals surface area contributed by atoms with Crippen molar-refractivity contribution in [3.63, 3.8) is 0 Å². The van der Waals surface area contributed by atoms with Gasteiger partial charge in [-0.25, -0.2) is 9.55 Å². The highest BCUT2D eigenvalue weighted by molar-refractivity contribution is 5.89. The van der Waals surface area contributed by atoms with E-state index >= 15 is 0 Å². The molecule has 3 N–H and O–H groups in total. The van der Waals surface area contributed by atoms with Gasteiger partial charge < -0.3 is 10.5 Å². The highest BCUT2D eigenvalue weighted by Gasteiger charge is 2.14. The summed E-state index contributed by atoms with van der Waals surface area (Å²) in [5, 5.41) is 0. The van der Waals surface area contributed by atoms with Gasteiger partial charge in [-0.05, 0) is 12.1 Å². The first-order chi connectivity index (χ1) is 10.1. The number of aromatic amines is 1. The van der Waals surface area contributed by atoms with Gasteiger partial charge in [-0.1, -0.05) is 18.2 Å². The van der Waals surface area contributed by atoms with Gasteiger partial charge in [0.25, 0.3) is 11.5 Å². The maximum absolute atomic E-state index is 12.1. The summed E-state index contributed by atoms with van der Waals surface area (Å²) in [6.45, 7) is -0.205. The Morgan fingerprint density at radius 3 is 2.86 bits per heavy atom. The third-order valence-corrected chi connectivity index (χ3v) is 2.80. The van der Waals surface area contributed by atoms with Gasteiger partial charge in [0.05, 0.1) is 0 Å². The van der Waals surface area contributed by atoms with E-state index in [0.717, 1.165) is 4.57 Å². The van der Waals surface area contributed by atoms with Crippen LogP contribution in [0, 0.1) is 0 Å². The Morgan fingerprint density at radius 1 is 1.33 bits per heavy atom. The second-order valence-corrected chi connectivity index (χ2v) is 4.23. The van der Waals surface area contributed by atoms with Gasteiger partial charge in [-0.2, -0.15) is 4.98 Å². The van der Waals surface area contributed by atoms with Gasteiger partial charge in [0, 0.05) is 0 Å². The Kier molecular flexibility index (Phi) is 3.11. The molecule has 21 heavy (non-hydrogen) atoms. The first-order valence-corrected chi connectivity index (χ1v) is 6.09. The Bertz CT molecular complexity index is 853. The molecule has 0 bridgehead atoms. The van der Waals surface area contributed by atoms with Gasteiger partial charge >= 0.3 is 0 Å². The molecule has 0 fully saturated rings. The van der Waals surface area contributed by atoms with Gasteiger partial charge in [-0.15, -0.1) is 0 Å². The average molecular weight is 285 g/mol. The fourth-order valence-corrected chi connectivity index (χ4v) is 1.84. The summed E-state index contributed by atoms with van der Waals surface area (Å²) in [5.74, 6) is 0.0884. The molecule has 3 aromatic rings. The van der Waals surface area contributed by atoms with E-state index in [1.807, 2.05) is 6.07 Å². The molecule has 0 amide bonds. The van der Waals surface area contributed by atoms with Crippen molar-refractivity contribution in [3.8, 4) is 5.75 Å². The number of nitrogens with two attached hydrogens (primary N) is 1. The molecule has 106 valence electrons. The van der Waals surface area contributed by atoms with Crippen molar-refractivity contribution in [3.05, 3.63) is 47.0 Å². The molecule has 0 saturated carbocycles. The maximum atomic E-state index is 12.1. The molecule has 0 aliphatic carbocycles. The molecule has 2 aromatic heterocycles. The van der Waals surface area contributed by atoms with Crippen LogP contribution in [0.1, 0.15) is 4.79 Å². The maximum Gasteiger partial charge on any atom is 0.280 e. The summed E-state index contributed by atoms with van der Waals surface area (Å²) in [4.78, 5) is 33.8. The van der Waals surface area contributed by atoms with Crippen molar-refractivity contribution >= 4 is 23.0 Å². The number of H-pyrrole nitrogens is 1. The summed E-state index contributed by atoms with van der Waals surface area (Å²) in [7, 11) is 0. The van der Waals surface area contributed by atoms with Crippen molar-refractivity contribution in [1.82, 2.24) is 19.5 Å². The van der Waals surface area contributed by atoms with E-state index < -0.39 is 11.5 Å². The minimum Gasteiger partial charge on any atom is -0.484 e. The molecule has 2 heterocycles. The fourth-order valence-electron chi connectivity index (χ4n) is 1.84. The number of nitrogen functional groups attached to an aromatic ring is 1. The number of nitrogens with one attached hydrogen (secondary N) is 1. The Balaban J connectivity index is 1.87. The van der Waals surface area contributed by atoms with Crippen molar-refractivity contribution < 1.29 is 9.53 Å². The van der Waals surface area contributed by atoms with Crippen LogP contribution in [-0.4, -0.2) is 32.0 Å². The molecule has 8 heteroatoms. The predicted molar refractivity (Wildman–Crippen MR) is 75.1 cm³/mol. The van der Waals surface area contributed by atoms with Crippen LogP contribution in [-0.2, 0) is 0 Å². The first-order valence-electron chi connectivity index (χ1n) is 6.09. The second-order valence-electron chi connectivity index (χ2n) is 4.23. The molecule has 0 aliphatic rings. The summed E-state index contributed by atoms with van der Waals surface area (Å²) < 4.78 is 6.50. The summed E-state index contributed by atoms with van der Waals surface area (Å²) in [6.07, 6.45) is 1.23. The summed E-state index contributed by atoms with van der Waals surface area (Å²) in [5.41, 5.74) is 5.14. The Morgan fingerprint density at radius 2 is 2.10 bits per heavy atom. The molecule has 0 spiro atoms. The number of carbonyl (C=O) groups is 1. The van der Waals surface area contributed by atoms with E-state index in [0.29, 0.717) is 5.75 Å². The zero-order valence-electron chi connectivity index (χ0n) is 10.8. The topological polar surface area (TPSA) is 116 Å². The molecule has 0 atom stereocenters. The number of carbonyl (C=O) groups excluding carboxylic acids is 1. The van der Waals surface area contributed by atoms with Crippen LogP contribution in [0.15, 0.2) is 41.5 Å². The van der Waals surface area contributed by atoms with Gasteiger partial charge in [-0.3, -0.25) is 14.6 Å². The number of hydrogen-bond donors (Lipinski definition) is 2. The highest BCUT2D eigenvalue weighted by atomic mass is 16.5. The van der Waals surface area contributed by atoms with E-state index in [9.17, 15) is 9.59 Å². The van der Waals surface area contributed by atoms with Crippen molar-refractivity contribution in [2.75, 3.05) is 12.3 Å². The number of ether oxygens (including phenoxy) is 1.